The van der Waals surface area contributed by atoms with Crippen molar-refractivity contribution >= 4 is 54.0 Å². The van der Waals surface area contributed by atoms with Gasteiger partial charge in [-0.3, -0.25) is 4.98 Å². The third-order valence-electron chi connectivity index (χ3n) is 11.3. The number of aromatic nitrogens is 4. The van der Waals surface area contributed by atoms with E-state index >= 15 is 0 Å². The van der Waals surface area contributed by atoms with Crippen LogP contribution in [-0.2, 0) is 54.7 Å². The number of nitriles is 2. The summed E-state index contributed by atoms with van der Waals surface area (Å²) in [5, 5.41) is 44.1. The van der Waals surface area contributed by atoms with Crippen LogP contribution in [0.1, 0.15) is 29.2 Å². The Hall–Kier alpha value is -8.62. The summed E-state index contributed by atoms with van der Waals surface area (Å²) in [6.45, 7) is 6.00. The van der Waals surface area contributed by atoms with Crippen LogP contribution in [0, 0.1) is 62.1 Å². The molecule has 0 unspecified atom stereocenters. The summed E-state index contributed by atoms with van der Waals surface area (Å²) < 4.78 is 65.9. The van der Waals surface area contributed by atoms with Crippen molar-refractivity contribution in [3.8, 4) is 57.2 Å². The van der Waals surface area contributed by atoms with Crippen LogP contribution >= 0.6 is 0 Å². The molecule has 12 aromatic rings. The van der Waals surface area contributed by atoms with Gasteiger partial charge in [-0.15, -0.1) is 94.3 Å². The summed E-state index contributed by atoms with van der Waals surface area (Å²) in [6, 6.07) is 70.3. The summed E-state index contributed by atoms with van der Waals surface area (Å²) in [6.07, 6.45) is 7.15. The monoisotopic (exact) mass is 1520 g/mol. The van der Waals surface area contributed by atoms with E-state index in [4.69, 9.17) is 24.3 Å². The molecule has 0 fully saturated rings. The first-order chi connectivity index (χ1) is 39.7. The van der Waals surface area contributed by atoms with Crippen molar-refractivity contribution in [2.45, 2.75) is 26.3 Å². The van der Waals surface area contributed by atoms with Crippen molar-refractivity contribution in [2.75, 3.05) is 13.7 Å². The number of fused-ring (bicyclic) bond motifs is 6. The molecule has 0 spiro atoms. The normalized spacial score (nSPS) is 10.1. The Labute approximate surface area is 517 Å². The molecule has 6 aromatic heterocycles. The minimum Gasteiger partial charge on any atom is -0.499 e. The fourth-order valence-electron chi connectivity index (χ4n) is 7.70. The van der Waals surface area contributed by atoms with Gasteiger partial charge in [-0.2, -0.15) is 32.1 Å². The molecule has 0 aliphatic heterocycles. The van der Waals surface area contributed by atoms with Crippen molar-refractivity contribution in [1.29, 1.82) is 10.5 Å². The molecule has 2 radical (unpaired) electrons. The molecule has 0 bridgehead atoms. The SMILES string of the molecule is CCO.CO.Cc1ccnc(-c2[c-]ccc3c2oc2c(C#N)cccc23)c1.Cc1ccnc(-c2cccc3c2oc2c(C#N)cccc23)c1.O=S(=O)(OO)C(F)(F)F.[CH3-].[Ir].[Ir].[c-]1ccccc1-c1ccccn1.[c-]1ccccc1-c1ccccn1. The van der Waals surface area contributed by atoms with E-state index in [9.17, 15) is 32.1 Å². The molecule has 0 amide bonds. The maximum absolute atomic E-state index is 11.0. The van der Waals surface area contributed by atoms with E-state index in [1.54, 1.807) is 43.8 Å². The molecule has 12 rings (SSSR count). The Morgan fingerprint density at radius 3 is 1.38 bits per heavy atom. The number of alkyl halides is 3. The predicted molar refractivity (Wildman–Crippen MR) is 315 cm³/mol. The van der Waals surface area contributed by atoms with Gasteiger partial charge in [0.15, 0.2) is 5.58 Å². The van der Waals surface area contributed by atoms with Crippen molar-refractivity contribution < 1.29 is 90.4 Å². The van der Waals surface area contributed by atoms with Gasteiger partial charge in [-0.1, -0.05) is 83.2 Å². The van der Waals surface area contributed by atoms with Gasteiger partial charge in [0.1, 0.15) is 23.3 Å². The first-order valence-corrected chi connectivity index (χ1v) is 26.0. The maximum Gasteiger partial charge on any atom is 0.525 e. The minimum atomic E-state index is -5.78. The smallest absolute Gasteiger partial charge is 0.499 e. The van der Waals surface area contributed by atoms with E-state index in [1.165, 1.54) is 0 Å². The van der Waals surface area contributed by atoms with E-state index in [0.717, 1.165) is 96.0 Å². The Bertz CT molecular complexity index is 3870. The van der Waals surface area contributed by atoms with Gasteiger partial charge < -0.3 is 41.4 Å². The fourth-order valence-corrected chi connectivity index (χ4v) is 7.78. The molecule has 6 aromatic carbocycles. The molecule has 0 aliphatic carbocycles. The second-order valence-electron chi connectivity index (χ2n) is 16.8. The standard InChI is InChI=1S/C19H12N2O.C19H11N2O.2C11H8N.C2H6O.CHF3O4S.CH4O.CH3.2Ir/c2*1-12-8-9-21-17(10-12)16-7-3-6-15-14-5-2-4-13(11-20)18(14)22-19(15)16;2*1-2-6-10(7-3-1)11-8-4-5-9-12-11;1-2-3;2-1(3,4)9(6,7)8-5;1-2;;;/h2-10H,1H3;2-6,8-10H,1H3;2*1-6,8-9H;3H,2H2,1H3;5H;2H,1H3;1H3;;/q;3*-1;;;;-1;;. The van der Waals surface area contributed by atoms with Crippen molar-refractivity contribution in [1.82, 2.24) is 19.9 Å². The van der Waals surface area contributed by atoms with Gasteiger partial charge in [-0.05, 0) is 91.9 Å². The van der Waals surface area contributed by atoms with Crippen LogP contribution in [-0.4, -0.2) is 63.0 Å². The zero-order valence-electron chi connectivity index (χ0n) is 46.0. The summed E-state index contributed by atoms with van der Waals surface area (Å²) in [5.41, 5.74) is 8.06. The first-order valence-electron chi connectivity index (χ1n) is 24.6. The number of hydrogen-bond donors (Lipinski definition) is 3. The summed E-state index contributed by atoms with van der Waals surface area (Å²) in [7, 11) is -4.78. The molecule has 14 nitrogen and oxygen atoms in total. The zero-order valence-corrected chi connectivity index (χ0v) is 51.6. The number of aliphatic hydroxyl groups is 2. The molecular weight excluding hydrogens is 1470 g/mol. The van der Waals surface area contributed by atoms with E-state index in [0.29, 0.717) is 22.3 Å². The minimum absolute atomic E-state index is 0. The number of rotatable bonds is 5. The number of hydrogen-bond acceptors (Lipinski definition) is 14. The van der Waals surface area contributed by atoms with Crippen LogP contribution in [0.2, 0.25) is 0 Å². The van der Waals surface area contributed by atoms with Crippen LogP contribution in [0.3, 0.4) is 0 Å². The molecule has 3 N–H and O–H groups in total. The van der Waals surface area contributed by atoms with Gasteiger partial charge in [0.2, 0.25) is 0 Å². The number of halogens is 3. The Morgan fingerprint density at radius 1 is 0.541 bits per heavy atom. The summed E-state index contributed by atoms with van der Waals surface area (Å²) >= 11 is 0. The summed E-state index contributed by atoms with van der Waals surface area (Å²) in [5.74, 6) is 0. The maximum atomic E-state index is 11.0. The number of benzene rings is 6. The number of furan rings is 2. The Morgan fingerprint density at radius 2 is 0.965 bits per heavy atom. The molecule has 0 saturated heterocycles. The van der Waals surface area contributed by atoms with E-state index < -0.39 is 15.6 Å². The van der Waals surface area contributed by atoms with E-state index in [1.807, 2.05) is 178 Å². The summed E-state index contributed by atoms with van der Waals surface area (Å²) in [4.78, 5) is 17.3. The molecule has 85 heavy (non-hydrogen) atoms. The van der Waals surface area contributed by atoms with Crippen LogP contribution in [0.4, 0.5) is 13.2 Å². The molecular formula is C65H53F3Ir2N6O8S-4. The molecule has 6 heterocycles. The van der Waals surface area contributed by atoms with Gasteiger partial charge in [-0.25, -0.2) is 5.26 Å². The third kappa shape index (κ3) is 18.7. The second-order valence-corrected chi connectivity index (χ2v) is 18.3. The van der Waals surface area contributed by atoms with Crippen LogP contribution < -0.4 is 0 Å². The molecule has 0 saturated carbocycles. The molecule has 0 aliphatic rings. The quantitative estimate of drug-likeness (QED) is 0.0630. The van der Waals surface area contributed by atoms with Crippen molar-refractivity contribution in [2.24, 2.45) is 0 Å². The fraction of sp³-hybridized carbons (Fsp3) is 0.0923. The van der Waals surface area contributed by atoms with E-state index in [2.05, 4.69) is 54.6 Å². The van der Waals surface area contributed by atoms with Gasteiger partial charge in [0.25, 0.3) is 0 Å². The number of aryl methyl sites for hydroxylation is 2. The van der Waals surface area contributed by atoms with Crippen LogP contribution in [0.25, 0.3) is 88.9 Å². The number of pyridine rings is 4. The Kier molecular flexibility index (Phi) is 29.0. The number of nitrogens with zero attached hydrogens (tertiary/aromatic N) is 6. The molecule has 0 atom stereocenters. The van der Waals surface area contributed by atoms with Crippen molar-refractivity contribution in [3.05, 3.63) is 249 Å². The molecule has 440 valence electrons. The Balaban J connectivity index is 0.000000281. The van der Waals surface area contributed by atoms with E-state index in [-0.39, 0.29) is 54.2 Å². The van der Waals surface area contributed by atoms with Gasteiger partial charge in [0, 0.05) is 100 Å². The third-order valence-corrected chi connectivity index (χ3v) is 12.0. The van der Waals surface area contributed by atoms with Gasteiger partial charge in [0.05, 0.1) is 22.4 Å². The number of para-hydroxylation sites is 3. The zero-order chi connectivity index (χ0) is 59.1. The van der Waals surface area contributed by atoms with Crippen LogP contribution in [0.15, 0.2) is 210 Å². The first kappa shape index (κ1) is 70.6. The average Bonchev–Trinajstić information content (AvgIpc) is 4.19. The largest absolute Gasteiger partial charge is 0.525 e. The molecule has 20 heteroatoms. The topological polar surface area (TPSA) is 229 Å². The second kappa shape index (κ2) is 34.9. The van der Waals surface area contributed by atoms with Crippen LogP contribution in [0.5, 0.6) is 0 Å². The van der Waals surface area contributed by atoms with Crippen molar-refractivity contribution in [3.63, 3.8) is 0 Å². The van der Waals surface area contributed by atoms with Gasteiger partial charge >= 0.3 is 15.6 Å². The number of aliphatic hydroxyl groups excluding tert-OH is 2. The predicted octanol–water partition coefficient (Wildman–Crippen LogP) is 14.9. The average molecular weight is 1520 g/mol.